The fourth-order valence-corrected chi connectivity index (χ4v) is 4.74. The molecule has 0 bridgehead atoms. The van der Waals surface area contributed by atoms with Gasteiger partial charge < -0.3 is 5.32 Å². The van der Waals surface area contributed by atoms with Crippen LogP contribution in [0.3, 0.4) is 0 Å². The van der Waals surface area contributed by atoms with Crippen molar-refractivity contribution in [1.29, 1.82) is 0 Å². The van der Waals surface area contributed by atoms with Gasteiger partial charge in [-0.2, -0.15) is 9.78 Å². The van der Waals surface area contributed by atoms with Gasteiger partial charge in [0.25, 0.3) is 5.56 Å². The summed E-state index contributed by atoms with van der Waals surface area (Å²) in [7, 11) is 0. The number of aryl methyl sites for hydroxylation is 2. The van der Waals surface area contributed by atoms with Crippen LogP contribution >= 0.6 is 11.3 Å². The molecule has 1 amide bonds. The van der Waals surface area contributed by atoms with Crippen LogP contribution in [0.15, 0.2) is 52.6 Å². The summed E-state index contributed by atoms with van der Waals surface area (Å²) in [6.45, 7) is 2.00. The molecule has 3 aromatic heterocycles. The number of aromatic amines is 1. The molecule has 0 saturated carbocycles. The summed E-state index contributed by atoms with van der Waals surface area (Å²) in [5.41, 5.74) is 4.21. The minimum absolute atomic E-state index is 0.130. The Labute approximate surface area is 189 Å². The number of benzene rings is 1. The van der Waals surface area contributed by atoms with E-state index in [-0.39, 0.29) is 17.9 Å². The molecule has 0 atom stereocenters. The van der Waals surface area contributed by atoms with Gasteiger partial charge >= 0.3 is 0 Å². The molecule has 0 fully saturated rings. The lowest BCUT2D eigenvalue weighted by Crippen LogP contribution is -2.25. The van der Waals surface area contributed by atoms with Gasteiger partial charge in [0.05, 0.1) is 17.0 Å². The van der Waals surface area contributed by atoms with E-state index in [0.717, 1.165) is 52.9 Å². The number of rotatable bonds is 5. The lowest BCUT2D eigenvalue weighted by Gasteiger charge is -2.15. The highest BCUT2D eigenvalue weighted by molar-refractivity contribution is 7.13. The van der Waals surface area contributed by atoms with Gasteiger partial charge in [-0.3, -0.25) is 14.6 Å². The highest BCUT2D eigenvalue weighted by Crippen LogP contribution is 2.28. The number of hydrogen-bond acceptors (Lipinski definition) is 5. The minimum atomic E-state index is -0.158. The van der Waals surface area contributed by atoms with Gasteiger partial charge in [-0.1, -0.05) is 35.9 Å². The Balaban J connectivity index is 1.51. The van der Waals surface area contributed by atoms with E-state index in [9.17, 15) is 9.59 Å². The van der Waals surface area contributed by atoms with Crippen molar-refractivity contribution < 1.29 is 4.79 Å². The number of amides is 1. The number of fused-ring (bicyclic) bond motifs is 1. The van der Waals surface area contributed by atoms with Crippen LogP contribution in [0.2, 0.25) is 0 Å². The zero-order valence-corrected chi connectivity index (χ0v) is 18.5. The van der Waals surface area contributed by atoms with Gasteiger partial charge in [-0.15, -0.1) is 11.3 Å². The molecular formula is C24H23N5O2S. The summed E-state index contributed by atoms with van der Waals surface area (Å²) < 4.78 is 1.53. The number of carbonyl (C=O) groups is 1. The molecule has 0 radical (unpaired) electrons. The normalized spacial score (nSPS) is 13.0. The van der Waals surface area contributed by atoms with Gasteiger partial charge in [0.15, 0.2) is 0 Å². The van der Waals surface area contributed by atoms with Gasteiger partial charge in [0, 0.05) is 11.6 Å². The Hall–Kier alpha value is -3.52. The van der Waals surface area contributed by atoms with Crippen molar-refractivity contribution in [1.82, 2.24) is 19.7 Å². The van der Waals surface area contributed by atoms with Crippen LogP contribution in [0, 0.1) is 6.92 Å². The molecule has 32 heavy (non-hydrogen) atoms. The fraction of sp³-hybridized carbons (Fsp3) is 0.250. The average Bonchev–Trinajstić information content (AvgIpc) is 3.44. The van der Waals surface area contributed by atoms with Crippen molar-refractivity contribution in [3.05, 3.63) is 80.6 Å². The quantitative estimate of drug-likeness (QED) is 0.485. The molecule has 5 rings (SSSR count). The molecule has 0 spiro atoms. The summed E-state index contributed by atoms with van der Waals surface area (Å²) >= 11 is 1.56. The Kier molecular flexibility index (Phi) is 5.45. The van der Waals surface area contributed by atoms with Gasteiger partial charge in [-0.05, 0) is 49.6 Å². The Morgan fingerprint density at radius 3 is 2.88 bits per heavy atom. The predicted octanol–water partition coefficient (Wildman–Crippen LogP) is 4.05. The molecule has 8 heteroatoms. The minimum Gasteiger partial charge on any atom is -0.310 e. The van der Waals surface area contributed by atoms with E-state index in [1.54, 1.807) is 11.3 Å². The number of carbonyl (C=O) groups excluding carboxylic acids is 1. The predicted molar refractivity (Wildman–Crippen MR) is 125 cm³/mol. The third-order valence-corrected chi connectivity index (χ3v) is 6.47. The van der Waals surface area contributed by atoms with Crippen LogP contribution in [-0.2, 0) is 24.1 Å². The Morgan fingerprint density at radius 2 is 2.06 bits per heavy atom. The molecule has 1 aliphatic rings. The summed E-state index contributed by atoms with van der Waals surface area (Å²) in [6, 6.07) is 13.6. The molecule has 0 aliphatic heterocycles. The summed E-state index contributed by atoms with van der Waals surface area (Å²) in [6.07, 6.45) is 3.79. The van der Waals surface area contributed by atoms with Crippen molar-refractivity contribution in [2.24, 2.45) is 0 Å². The molecule has 3 heterocycles. The van der Waals surface area contributed by atoms with Crippen LogP contribution in [-0.4, -0.2) is 25.7 Å². The third kappa shape index (κ3) is 4.13. The zero-order chi connectivity index (χ0) is 22.1. The number of H-pyrrole nitrogens is 1. The second-order valence-electron chi connectivity index (χ2n) is 8.04. The van der Waals surface area contributed by atoms with E-state index < -0.39 is 0 Å². The number of nitrogens with one attached hydrogen (secondary N) is 2. The van der Waals surface area contributed by atoms with Crippen LogP contribution in [0.25, 0.3) is 16.5 Å². The molecule has 1 aliphatic carbocycles. The number of aromatic nitrogens is 4. The van der Waals surface area contributed by atoms with E-state index in [0.29, 0.717) is 17.5 Å². The molecule has 0 saturated heterocycles. The Morgan fingerprint density at radius 1 is 1.19 bits per heavy atom. The van der Waals surface area contributed by atoms with Crippen LogP contribution in [0.1, 0.15) is 35.2 Å². The topological polar surface area (TPSA) is 92.7 Å². The molecule has 4 aromatic rings. The summed E-state index contributed by atoms with van der Waals surface area (Å²) in [5, 5.41) is 9.61. The fourth-order valence-electron chi connectivity index (χ4n) is 4.06. The maximum absolute atomic E-state index is 12.8. The highest BCUT2D eigenvalue weighted by Gasteiger charge is 2.20. The second-order valence-corrected chi connectivity index (χ2v) is 8.99. The summed E-state index contributed by atoms with van der Waals surface area (Å²) in [4.78, 5) is 34.0. The van der Waals surface area contributed by atoms with E-state index in [4.69, 9.17) is 4.98 Å². The summed E-state index contributed by atoms with van der Waals surface area (Å²) in [5.74, 6) is 0.643. The number of thiophene rings is 1. The lowest BCUT2D eigenvalue weighted by atomic mass is 9.97. The van der Waals surface area contributed by atoms with E-state index in [2.05, 4.69) is 15.4 Å². The average molecular weight is 446 g/mol. The van der Waals surface area contributed by atoms with Gasteiger partial charge in [0.1, 0.15) is 11.5 Å². The molecule has 162 valence electrons. The van der Waals surface area contributed by atoms with Gasteiger partial charge in [0.2, 0.25) is 11.9 Å². The van der Waals surface area contributed by atoms with E-state index >= 15 is 0 Å². The molecule has 0 unspecified atom stereocenters. The number of nitrogens with zero attached hydrogens (tertiary/aromatic N) is 3. The second kappa shape index (κ2) is 8.55. The third-order valence-electron chi connectivity index (χ3n) is 5.58. The van der Waals surface area contributed by atoms with Crippen LogP contribution in [0.4, 0.5) is 5.82 Å². The van der Waals surface area contributed by atoms with Gasteiger partial charge in [-0.25, -0.2) is 4.98 Å². The van der Waals surface area contributed by atoms with Crippen molar-refractivity contribution in [3.8, 4) is 16.5 Å². The molecule has 2 N–H and O–H groups in total. The van der Waals surface area contributed by atoms with E-state index in [1.165, 1.54) is 4.68 Å². The first-order valence-electron chi connectivity index (χ1n) is 10.7. The number of hydrogen-bond donors (Lipinski definition) is 2. The van der Waals surface area contributed by atoms with Crippen molar-refractivity contribution in [2.45, 2.75) is 39.0 Å². The monoisotopic (exact) mass is 445 g/mol. The molecule has 1 aromatic carbocycles. The van der Waals surface area contributed by atoms with Crippen molar-refractivity contribution >= 4 is 23.1 Å². The highest BCUT2D eigenvalue weighted by atomic mass is 32.1. The SMILES string of the molecule is Cc1cccc(CC(=O)Nc2cc(-c3cccs3)nn2-c2nc3c(c(=O)[nH]2)CCCC3)c1. The van der Waals surface area contributed by atoms with Crippen LogP contribution < -0.4 is 10.9 Å². The first-order chi connectivity index (χ1) is 15.6. The van der Waals surface area contributed by atoms with Crippen molar-refractivity contribution in [2.75, 3.05) is 5.32 Å². The molecule has 7 nitrogen and oxygen atoms in total. The molecular weight excluding hydrogens is 422 g/mol. The smallest absolute Gasteiger partial charge is 0.255 e. The largest absolute Gasteiger partial charge is 0.310 e. The first-order valence-corrected chi connectivity index (χ1v) is 11.6. The maximum atomic E-state index is 12.8. The first kappa shape index (κ1) is 20.4. The maximum Gasteiger partial charge on any atom is 0.255 e. The van der Waals surface area contributed by atoms with Crippen LogP contribution in [0.5, 0.6) is 0 Å². The Bertz CT molecular complexity index is 1340. The van der Waals surface area contributed by atoms with Crippen molar-refractivity contribution in [3.63, 3.8) is 0 Å². The standard InChI is InChI=1S/C24H23N5O2S/c1-15-6-4-7-16(12-15)13-22(30)26-21-14-19(20-10-5-11-32-20)28-29(21)24-25-18-9-3-2-8-17(18)23(31)27-24/h4-7,10-12,14H,2-3,8-9,13H2,1H3,(H,26,30)(H,25,27,31). The number of anilines is 1. The zero-order valence-electron chi connectivity index (χ0n) is 17.7. The lowest BCUT2D eigenvalue weighted by molar-refractivity contribution is -0.115. The van der Waals surface area contributed by atoms with E-state index in [1.807, 2.05) is 54.8 Å².